The van der Waals surface area contributed by atoms with Crippen LogP contribution in [-0.4, -0.2) is 13.4 Å². The van der Waals surface area contributed by atoms with Crippen molar-refractivity contribution in [2.24, 2.45) is 0 Å². The van der Waals surface area contributed by atoms with Gasteiger partial charge in [0.25, 0.3) is 10.1 Å². The van der Waals surface area contributed by atoms with E-state index >= 15 is 0 Å². The molecule has 0 bridgehead atoms. The molecule has 2 aromatic rings. The van der Waals surface area contributed by atoms with Crippen molar-refractivity contribution in [2.75, 3.05) is 0 Å². The van der Waals surface area contributed by atoms with Crippen molar-refractivity contribution in [2.45, 2.75) is 18.4 Å². The van der Waals surface area contributed by atoms with Crippen LogP contribution in [-0.2, 0) is 20.9 Å². The van der Waals surface area contributed by atoms with Crippen LogP contribution in [0.3, 0.4) is 0 Å². The van der Waals surface area contributed by atoms with Crippen molar-refractivity contribution < 1.29 is 12.6 Å². The van der Waals surface area contributed by atoms with Crippen LogP contribution in [0.25, 0.3) is 0 Å². The molecule has 0 N–H and O–H groups in total. The van der Waals surface area contributed by atoms with Crippen molar-refractivity contribution in [1.82, 2.24) is 4.98 Å². The molecule has 0 unspecified atom stereocenters. The first-order valence-corrected chi connectivity index (χ1v) is 7.74. The molecule has 0 aliphatic carbocycles. The van der Waals surface area contributed by atoms with E-state index in [9.17, 15) is 8.42 Å². The molecule has 0 spiro atoms. The lowest BCUT2D eigenvalue weighted by Crippen LogP contribution is -2.07. The maximum absolute atomic E-state index is 11.9. The molecule has 0 fully saturated rings. The van der Waals surface area contributed by atoms with Gasteiger partial charge in [-0.25, -0.2) is 0 Å². The van der Waals surface area contributed by atoms with Gasteiger partial charge in [0.2, 0.25) is 0 Å². The van der Waals surface area contributed by atoms with Gasteiger partial charge in [0.1, 0.15) is 6.61 Å². The van der Waals surface area contributed by atoms with Crippen LogP contribution in [0.5, 0.6) is 0 Å². The van der Waals surface area contributed by atoms with E-state index in [0.717, 1.165) is 10.0 Å². The van der Waals surface area contributed by atoms with E-state index in [4.69, 9.17) is 4.18 Å². The monoisotopic (exact) mass is 341 g/mol. The zero-order chi connectivity index (χ0) is 13.9. The van der Waals surface area contributed by atoms with Crippen molar-refractivity contribution >= 4 is 26.0 Å². The first-order chi connectivity index (χ1) is 8.97. The number of halogens is 1. The number of nitrogens with zero attached hydrogens (tertiary/aromatic N) is 1. The Kier molecular flexibility index (Phi) is 4.34. The maximum atomic E-state index is 11.9. The van der Waals surface area contributed by atoms with E-state index in [0.29, 0.717) is 5.69 Å². The number of rotatable bonds is 4. The van der Waals surface area contributed by atoms with E-state index in [-0.39, 0.29) is 11.5 Å². The molecule has 0 saturated carbocycles. The summed E-state index contributed by atoms with van der Waals surface area (Å²) in [5.41, 5.74) is 1.54. The smallest absolute Gasteiger partial charge is 0.260 e. The second-order valence-electron chi connectivity index (χ2n) is 3.99. The molecule has 0 aliphatic rings. The highest BCUT2D eigenvalue weighted by atomic mass is 79.9. The van der Waals surface area contributed by atoms with Gasteiger partial charge in [0.15, 0.2) is 0 Å². The fourth-order valence-corrected chi connectivity index (χ4v) is 2.70. The van der Waals surface area contributed by atoms with E-state index in [1.54, 1.807) is 30.5 Å². The van der Waals surface area contributed by atoms with Crippen LogP contribution in [0.1, 0.15) is 11.3 Å². The largest absolute Gasteiger partial charge is 0.297 e. The molecule has 0 radical (unpaired) electrons. The van der Waals surface area contributed by atoms with Crippen molar-refractivity contribution in [3.63, 3.8) is 0 Å². The summed E-state index contributed by atoms with van der Waals surface area (Å²) in [6, 6.07) is 9.99. The molecule has 1 aromatic carbocycles. The molecule has 1 heterocycles. The number of hydrogen-bond donors (Lipinski definition) is 0. The first kappa shape index (κ1) is 14.2. The Morgan fingerprint density at radius 2 is 1.89 bits per heavy atom. The van der Waals surface area contributed by atoms with Crippen LogP contribution < -0.4 is 0 Å². The second kappa shape index (κ2) is 5.81. The number of aromatic nitrogens is 1. The SMILES string of the molecule is Cc1ccc(S(=O)(=O)OCc2cc(Br)ccn2)cc1. The molecule has 4 nitrogen and oxygen atoms in total. The highest BCUT2D eigenvalue weighted by Gasteiger charge is 2.15. The Labute approximate surface area is 120 Å². The molecule has 2 rings (SSSR count). The summed E-state index contributed by atoms with van der Waals surface area (Å²) < 4.78 is 29.7. The normalized spacial score (nSPS) is 11.5. The Morgan fingerprint density at radius 1 is 1.21 bits per heavy atom. The minimum absolute atomic E-state index is 0.0876. The second-order valence-corrected chi connectivity index (χ2v) is 6.53. The summed E-state index contributed by atoms with van der Waals surface area (Å²) in [6.07, 6.45) is 1.58. The summed E-state index contributed by atoms with van der Waals surface area (Å²) in [7, 11) is -3.74. The topological polar surface area (TPSA) is 56.3 Å². The van der Waals surface area contributed by atoms with Crippen LogP contribution in [0.2, 0.25) is 0 Å². The summed E-state index contributed by atoms with van der Waals surface area (Å²) in [6.45, 7) is 1.80. The third-order valence-electron chi connectivity index (χ3n) is 2.45. The number of aryl methyl sites for hydroxylation is 1. The summed E-state index contributed by atoms with van der Waals surface area (Å²) in [4.78, 5) is 4.18. The zero-order valence-electron chi connectivity index (χ0n) is 10.2. The summed E-state index contributed by atoms with van der Waals surface area (Å²) >= 11 is 3.29. The Balaban J connectivity index is 2.12. The van der Waals surface area contributed by atoms with Crippen molar-refractivity contribution in [1.29, 1.82) is 0 Å². The van der Waals surface area contributed by atoms with Gasteiger partial charge in [0.05, 0.1) is 10.6 Å². The van der Waals surface area contributed by atoms with E-state index in [1.807, 2.05) is 6.92 Å². The summed E-state index contributed by atoms with van der Waals surface area (Å²) in [5.74, 6) is 0. The van der Waals surface area contributed by atoms with E-state index < -0.39 is 10.1 Å². The molecule has 0 amide bonds. The Hall–Kier alpha value is -1.24. The lowest BCUT2D eigenvalue weighted by Gasteiger charge is -2.05. The fourth-order valence-electron chi connectivity index (χ4n) is 1.44. The highest BCUT2D eigenvalue weighted by Crippen LogP contribution is 2.16. The third kappa shape index (κ3) is 3.86. The highest BCUT2D eigenvalue weighted by molar-refractivity contribution is 9.10. The lowest BCUT2D eigenvalue weighted by atomic mass is 10.2. The minimum Gasteiger partial charge on any atom is -0.260 e. The Morgan fingerprint density at radius 3 is 2.53 bits per heavy atom. The number of benzene rings is 1. The molecular formula is C13H12BrNO3S. The van der Waals surface area contributed by atoms with E-state index in [1.165, 1.54) is 12.1 Å². The molecule has 6 heteroatoms. The van der Waals surface area contributed by atoms with Gasteiger partial charge in [-0.05, 0) is 31.2 Å². The van der Waals surface area contributed by atoms with Gasteiger partial charge in [-0.3, -0.25) is 9.17 Å². The average molecular weight is 342 g/mol. The first-order valence-electron chi connectivity index (χ1n) is 5.54. The minimum atomic E-state index is -3.74. The predicted molar refractivity (Wildman–Crippen MR) is 75.1 cm³/mol. The third-order valence-corrected chi connectivity index (χ3v) is 4.22. The van der Waals surface area contributed by atoms with Gasteiger partial charge < -0.3 is 0 Å². The zero-order valence-corrected chi connectivity index (χ0v) is 12.6. The molecule has 0 atom stereocenters. The van der Waals surface area contributed by atoms with Crippen LogP contribution >= 0.6 is 15.9 Å². The Bertz CT molecular complexity index is 669. The van der Waals surface area contributed by atoms with E-state index in [2.05, 4.69) is 20.9 Å². The van der Waals surface area contributed by atoms with Gasteiger partial charge in [-0.2, -0.15) is 8.42 Å². The van der Waals surface area contributed by atoms with Crippen LogP contribution in [0.4, 0.5) is 0 Å². The quantitative estimate of drug-likeness (QED) is 0.802. The molecule has 0 saturated heterocycles. The predicted octanol–water partition coefficient (Wildman–Crippen LogP) is 3.06. The lowest BCUT2D eigenvalue weighted by molar-refractivity contribution is 0.303. The summed E-state index contributed by atoms with van der Waals surface area (Å²) in [5, 5.41) is 0. The van der Waals surface area contributed by atoms with Crippen LogP contribution in [0, 0.1) is 6.92 Å². The van der Waals surface area contributed by atoms with Crippen molar-refractivity contribution in [3.8, 4) is 0 Å². The molecule has 0 aliphatic heterocycles. The number of hydrogen-bond acceptors (Lipinski definition) is 4. The van der Waals surface area contributed by atoms with Gasteiger partial charge in [-0.1, -0.05) is 33.6 Å². The van der Waals surface area contributed by atoms with Gasteiger partial charge >= 0.3 is 0 Å². The maximum Gasteiger partial charge on any atom is 0.297 e. The van der Waals surface area contributed by atoms with Gasteiger partial charge in [0, 0.05) is 10.7 Å². The standard InChI is InChI=1S/C13H12BrNO3S/c1-10-2-4-13(5-3-10)19(16,17)18-9-12-8-11(14)6-7-15-12/h2-8H,9H2,1H3. The molecule has 100 valence electrons. The molecule has 19 heavy (non-hydrogen) atoms. The molecule has 1 aromatic heterocycles. The van der Waals surface area contributed by atoms with Crippen LogP contribution in [0.15, 0.2) is 52.0 Å². The van der Waals surface area contributed by atoms with Crippen molar-refractivity contribution in [3.05, 3.63) is 58.3 Å². The van der Waals surface area contributed by atoms with Gasteiger partial charge in [-0.15, -0.1) is 0 Å². The average Bonchev–Trinajstić information content (AvgIpc) is 2.37. The fraction of sp³-hybridized carbons (Fsp3) is 0.154. The molecular weight excluding hydrogens is 330 g/mol. The number of pyridine rings is 1.